The summed E-state index contributed by atoms with van der Waals surface area (Å²) < 4.78 is 3.68. The van der Waals surface area contributed by atoms with Crippen molar-refractivity contribution in [2.45, 2.75) is 0 Å². The van der Waals surface area contributed by atoms with Gasteiger partial charge in [0.2, 0.25) is 4.96 Å². The van der Waals surface area contributed by atoms with Crippen LogP contribution < -0.4 is 10.1 Å². The summed E-state index contributed by atoms with van der Waals surface area (Å²) in [6, 6.07) is 19.5. The zero-order valence-corrected chi connectivity index (χ0v) is 16.2. The number of aromatic nitrogens is 4. The van der Waals surface area contributed by atoms with Gasteiger partial charge in [-0.3, -0.25) is 14.9 Å². The van der Waals surface area contributed by atoms with Gasteiger partial charge in [0.25, 0.3) is 11.2 Å². The van der Waals surface area contributed by atoms with Crippen molar-refractivity contribution in [2.75, 3.05) is 0 Å². The molecule has 0 atom stereocenters. The molecule has 0 spiro atoms. The van der Waals surface area contributed by atoms with Crippen molar-refractivity contribution in [2.24, 2.45) is 0 Å². The molecule has 0 aliphatic heterocycles. The maximum absolute atomic E-state index is 12.8. The lowest BCUT2D eigenvalue weighted by atomic mass is 10.2. The van der Waals surface area contributed by atoms with Crippen LogP contribution in [-0.2, 0) is 0 Å². The summed E-state index contributed by atoms with van der Waals surface area (Å²) in [7, 11) is 0. The van der Waals surface area contributed by atoms with Gasteiger partial charge in [-0.1, -0.05) is 41.7 Å². The Morgan fingerprint density at radius 1 is 1.00 bits per heavy atom. The Morgan fingerprint density at radius 3 is 2.47 bits per heavy atom. The molecule has 9 heteroatoms. The maximum Gasteiger partial charge on any atom is 0.291 e. The van der Waals surface area contributed by atoms with E-state index in [4.69, 9.17) is 0 Å². The van der Waals surface area contributed by atoms with Crippen LogP contribution in [0, 0.1) is 10.1 Å². The number of fused-ring (bicyclic) bond motifs is 1. The van der Waals surface area contributed by atoms with Crippen LogP contribution in [0.5, 0.6) is 0 Å². The highest BCUT2D eigenvalue weighted by Crippen LogP contribution is 2.19. The molecule has 8 nitrogen and oxygen atoms in total. The van der Waals surface area contributed by atoms with Crippen molar-refractivity contribution in [1.29, 1.82) is 0 Å². The summed E-state index contributed by atoms with van der Waals surface area (Å²) in [5.41, 5.74) is 2.17. The van der Waals surface area contributed by atoms with Gasteiger partial charge in [-0.25, -0.2) is 0 Å². The van der Waals surface area contributed by atoms with E-state index in [-0.39, 0.29) is 11.2 Å². The summed E-state index contributed by atoms with van der Waals surface area (Å²) in [5.74, 6) is 0.514. The molecule has 2 aromatic carbocycles. The number of non-ortho nitro benzene ring substituents is 1. The Labute approximate surface area is 173 Å². The van der Waals surface area contributed by atoms with Crippen LogP contribution in [0.3, 0.4) is 0 Å². The lowest BCUT2D eigenvalue weighted by Crippen LogP contribution is -2.24. The first-order valence-corrected chi connectivity index (χ1v) is 9.81. The second kappa shape index (κ2) is 7.05. The fraction of sp³-hybridized carbons (Fsp3) is 0. The van der Waals surface area contributed by atoms with E-state index in [1.54, 1.807) is 18.2 Å². The third-order valence-corrected chi connectivity index (χ3v) is 5.57. The molecule has 3 heterocycles. The number of benzene rings is 2. The van der Waals surface area contributed by atoms with Crippen LogP contribution in [0.15, 0.2) is 77.7 Å². The lowest BCUT2D eigenvalue weighted by molar-refractivity contribution is -0.384. The van der Waals surface area contributed by atoms with Crippen LogP contribution in [-0.4, -0.2) is 24.1 Å². The number of nitro groups is 1. The summed E-state index contributed by atoms with van der Waals surface area (Å²) >= 11 is 1.27. The van der Waals surface area contributed by atoms with Gasteiger partial charge in [0.05, 0.1) is 4.92 Å². The zero-order valence-electron chi connectivity index (χ0n) is 15.4. The fourth-order valence-corrected chi connectivity index (χ4v) is 4.05. The van der Waals surface area contributed by atoms with Crippen LogP contribution in [0.1, 0.15) is 5.69 Å². The van der Waals surface area contributed by atoms with Gasteiger partial charge < -0.3 is 4.57 Å². The number of hydrogen-bond acceptors (Lipinski definition) is 6. The number of nitro benzene ring substituents is 1. The van der Waals surface area contributed by atoms with E-state index in [0.29, 0.717) is 15.3 Å². The highest BCUT2D eigenvalue weighted by Gasteiger charge is 2.12. The summed E-state index contributed by atoms with van der Waals surface area (Å²) in [4.78, 5) is 28.3. The third-order valence-electron chi connectivity index (χ3n) is 4.61. The number of nitrogens with zero attached hydrogens (tertiary/aromatic N) is 5. The molecule has 0 N–H and O–H groups in total. The largest absolute Gasteiger partial charge is 0.317 e. The molecule has 0 fully saturated rings. The average molecular weight is 415 g/mol. The Hall–Kier alpha value is -4.11. The van der Waals surface area contributed by atoms with Gasteiger partial charge in [0, 0.05) is 35.3 Å². The van der Waals surface area contributed by atoms with E-state index in [1.807, 2.05) is 53.2 Å². The van der Waals surface area contributed by atoms with Gasteiger partial charge in [-0.05, 0) is 30.3 Å². The first-order chi connectivity index (χ1) is 14.6. The second-order valence-electron chi connectivity index (χ2n) is 6.49. The van der Waals surface area contributed by atoms with Crippen molar-refractivity contribution in [1.82, 2.24) is 19.2 Å². The first kappa shape index (κ1) is 18.0. The van der Waals surface area contributed by atoms with Crippen molar-refractivity contribution < 1.29 is 4.92 Å². The second-order valence-corrected chi connectivity index (χ2v) is 7.50. The van der Waals surface area contributed by atoms with Gasteiger partial charge >= 0.3 is 0 Å². The Bertz CT molecular complexity index is 1480. The van der Waals surface area contributed by atoms with Crippen molar-refractivity contribution >= 4 is 28.1 Å². The van der Waals surface area contributed by atoms with E-state index in [1.165, 1.54) is 28.0 Å². The highest BCUT2D eigenvalue weighted by molar-refractivity contribution is 7.15. The van der Waals surface area contributed by atoms with E-state index in [9.17, 15) is 14.9 Å². The quantitative estimate of drug-likeness (QED) is 0.332. The molecule has 5 rings (SSSR count). The molecule has 5 aromatic rings. The van der Waals surface area contributed by atoms with Crippen molar-refractivity contribution in [3.8, 4) is 17.1 Å². The molecule has 3 aromatic heterocycles. The number of thiazole rings is 1. The van der Waals surface area contributed by atoms with E-state index >= 15 is 0 Å². The lowest BCUT2D eigenvalue weighted by Gasteiger charge is -2.05. The normalized spacial score (nSPS) is 11.9. The third kappa shape index (κ3) is 3.07. The average Bonchev–Trinajstić information content (AvgIpc) is 3.46. The Balaban J connectivity index is 1.55. The molecular weight excluding hydrogens is 402 g/mol. The zero-order chi connectivity index (χ0) is 20.7. The highest BCUT2D eigenvalue weighted by atomic mass is 32.1. The minimum atomic E-state index is -0.436. The van der Waals surface area contributed by atoms with E-state index in [0.717, 1.165) is 16.9 Å². The molecule has 0 bridgehead atoms. The Kier molecular flexibility index (Phi) is 4.22. The molecule has 30 heavy (non-hydrogen) atoms. The maximum atomic E-state index is 12.8. The van der Waals surface area contributed by atoms with E-state index in [2.05, 4.69) is 10.1 Å². The SMILES string of the molecule is O=c1/c(=C/c2cccn2-c2ccc([N+](=O)[O-])cc2)sc2nc(-c3ccccc3)nn12. The van der Waals surface area contributed by atoms with Gasteiger partial charge in [-0.15, -0.1) is 5.10 Å². The first-order valence-electron chi connectivity index (χ1n) is 8.99. The fourth-order valence-electron chi connectivity index (χ4n) is 3.16. The molecule has 0 amide bonds. The molecule has 0 saturated carbocycles. The molecule has 0 saturated heterocycles. The molecule has 0 radical (unpaired) electrons. The topological polar surface area (TPSA) is 95.3 Å². The van der Waals surface area contributed by atoms with Crippen molar-refractivity contribution in [3.05, 3.63) is 104 Å². The van der Waals surface area contributed by atoms with Gasteiger partial charge in [0.1, 0.15) is 4.53 Å². The molecular formula is C21H13N5O3S. The smallest absolute Gasteiger partial charge is 0.291 e. The summed E-state index contributed by atoms with van der Waals surface area (Å²) in [5, 5.41) is 15.2. The molecule has 0 aliphatic rings. The number of rotatable bonds is 4. The van der Waals surface area contributed by atoms with Crippen molar-refractivity contribution in [3.63, 3.8) is 0 Å². The number of hydrogen-bond donors (Lipinski definition) is 0. The van der Waals surface area contributed by atoms with Crippen LogP contribution in [0.4, 0.5) is 5.69 Å². The molecule has 0 unspecified atom stereocenters. The minimum absolute atomic E-state index is 0.0260. The predicted octanol–water partition coefficient (Wildman–Crippen LogP) is 3.06. The van der Waals surface area contributed by atoms with Gasteiger partial charge in [0.15, 0.2) is 5.82 Å². The van der Waals surface area contributed by atoms with Crippen LogP contribution in [0.25, 0.3) is 28.1 Å². The minimum Gasteiger partial charge on any atom is -0.317 e. The summed E-state index contributed by atoms with van der Waals surface area (Å²) in [6.07, 6.45) is 3.61. The predicted molar refractivity (Wildman–Crippen MR) is 114 cm³/mol. The monoisotopic (exact) mass is 415 g/mol. The molecule has 146 valence electrons. The van der Waals surface area contributed by atoms with E-state index < -0.39 is 4.92 Å². The van der Waals surface area contributed by atoms with Gasteiger partial charge in [-0.2, -0.15) is 9.50 Å². The Morgan fingerprint density at radius 2 is 1.77 bits per heavy atom. The standard InChI is InChI=1S/C21H13N5O3S/c27-20-18(30-21-22-19(23-25(20)21)14-5-2-1-3-6-14)13-17-7-4-12-24(17)15-8-10-16(11-9-15)26(28)29/h1-13H/b18-13-. The molecule has 0 aliphatic carbocycles. The van der Waals surface area contributed by atoms with Crippen LogP contribution >= 0.6 is 11.3 Å². The van der Waals surface area contributed by atoms with Crippen LogP contribution in [0.2, 0.25) is 0 Å². The summed E-state index contributed by atoms with van der Waals surface area (Å²) in [6.45, 7) is 0.